The molecule has 0 fully saturated rings. The van der Waals surface area contributed by atoms with Crippen molar-refractivity contribution in [1.29, 1.82) is 0 Å². The van der Waals surface area contributed by atoms with E-state index in [0.29, 0.717) is 17.8 Å². The Kier molecular flexibility index (Phi) is 4.73. The molecule has 25 heavy (non-hydrogen) atoms. The molecule has 6 nitrogen and oxygen atoms in total. The molecule has 132 valence electrons. The summed E-state index contributed by atoms with van der Waals surface area (Å²) in [6.07, 6.45) is -0.354. The molecule has 8 heteroatoms. The second-order valence-corrected chi connectivity index (χ2v) is 8.08. The van der Waals surface area contributed by atoms with E-state index in [9.17, 15) is 17.6 Å². The molecule has 0 saturated heterocycles. The largest absolute Gasteiger partial charge is 0.365 e. The van der Waals surface area contributed by atoms with Crippen molar-refractivity contribution < 1.29 is 22.8 Å². The van der Waals surface area contributed by atoms with Crippen molar-refractivity contribution in [2.75, 3.05) is 11.4 Å². The van der Waals surface area contributed by atoms with E-state index in [2.05, 4.69) is 0 Å². The van der Waals surface area contributed by atoms with Crippen LogP contribution in [0.25, 0.3) is 0 Å². The summed E-state index contributed by atoms with van der Waals surface area (Å²) >= 11 is 0. The number of amides is 1. The number of anilines is 1. The second kappa shape index (κ2) is 6.81. The number of fused-ring (bicyclic) bond motifs is 1. The van der Waals surface area contributed by atoms with E-state index in [1.807, 2.05) is 0 Å². The first kappa shape index (κ1) is 17.4. The Morgan fingerprint density at radius 1 is 1.24 bits per heavy atom. The van der Waals surface area contributed by atoms with E-state index in [0.717, 1.165) is 0 Å². The molecule has 0 saturated carbocycles. The van der Waals surface area contributed by atoms with Gasteiger partial charge in [-0.25, -0.2) is 18.3 Å². The van der Waals surface area contributed by atoms with Crippen LogP contribution >= 0.6 is 0 Å². The van der Waals surface area contributed by atoms with Crippen LogP contribution in [0.3, 0.4) is 0 Å². The molecule has 0 radical (unpaired) electrons. The van der Waals surface area contributed by atoms with Crippen molar-refractivity contribution in [3.8, 4) is 0 Å². The number of hydroxylamine groups is 1. The average Bonchev–Trinajstić information content (AvgIpc) is 2.59. The molecule has 2 aromatic carbocycles. The van der Waals surface area contributed by atoms with Crippen LogP contribution in [0.4, 0.5) is 10.1 Å². The van der Waals surface area contributed by atoms with E-state index >= 15 is 0 Å². The minimum atomic E-state index is -3.71. The topological polar surface area (TPSA) is 86.7 Å². The van der Waals surface area contributed by atoms with Gasteiger partial charge < -0.3 is 4.90 Å². The smallest absolute Gasteiger partial charge is 0.244 e. The van der Waals surface area contributed by atoms with Gasteiger partial charge in [0, 0.05) is 19.5 Å². The van der Waals surface area contributed by atoms with Crippen molar-refractivity contribution in [2.24, 2.45) is 0 Å². The third-order valence-electron chi connectivity index (χ3n) is 4.18. The standard InChI is InChI=1S/C17H17FN2O4S/c18-13-5-3-4-12(8-13)10-20-11-14(9-17(21)19-22)25(23,24)16-7-2-1-6-15(16)20/h1-8,14,22H,9-11H2,(H,19,21). The highest BCUT2D eigenvalue weighted by Crippen LogP contribution is 2.35. The van der Waals surface area contributed by atoms with Crippen LogP contribution in [0.15, 0.2) is 53.4 Å². The lowest BCUT2D eigenvalue weighted by Gasteiger charge is -2.35. The maximum Gasteiger partial charge on any atom is 0.244 e. The van der Waals surface area contributed by atoms with Gasteiger partial charge in [-0.2, -0.15) is 0 Å². The van der Waals surface area contributed by atoms with E-state index in [-0.39, 0.29) is 23.7 Å². The van der Waals surface area contributed by atoms with Crippen LogP contribution in [0.2, 0.25) is 0 Å². The molecular weight excluding hydrogens is 347 g/mol. The van der Waals surface area contributed by atoms with Gasteiger partial charge in [0.05, 0.1) is 15.8 Å². The number of nitrogens with zero attached hydrogens (tertiary/aromatic N) is 1. The molecule has 3 rings (SSSR count). The Balaban J connectivity index is 1.99. The number of sulfone groups is 1. The van der Waals surface area contributed by atoms with Gasteiger partial charge in [-0.3, -0.25) is 10.0 Å². The number of rotatable bonds is 4. The van der Waals surface area contributed by atoms with Crippen LogP contribution in [0.5, 0.6) is 0 Å². The second-order valence-electron chi connectivity index (χ2n) is 5.88. The summed E-state index contributed by atoms with van der Waals surface area (Å²) in [4.78, 5) is 13.4. The van der Waals surface area contributed by atoms with Crippen molar-refractivity contribution in [2.45, 2.75) is 23.1 Å². The van der Waals surface area contributed by atoms with Gasteiger partial charge in [0.25, 0.3) is 0 Å². The molecule has 1 atom stereocenters. The number of benzene rings is 2. The highest BCUT2D eigenvalue weighted by atomic mass is 32.2. The van der Waals surface area contributed by atoms with E-state index in [1.54, 1.807) is 35.2 Å². The molecule has 1 aliphatic rings. The Morgan fingerprint density at radius 3 is 2.72 bits per heavy atom. The highest BCUT2D eigenvalue weighted by molar-refractivity contribution is 7.92. The predicted molar refractivity (Wildman–Crippen MR) is 89.4 cm³/mol. The molecule has 0 aromatic heterocycles. The fourth-order valence-electron chi connectivity index (χ4n) is 3.01. The summed E-state index contributed by atoms with van der Waals surface area (Å²) in [7, 11) is -3.71. The van der Waals surface area contributed by atoms with Gasteiger partial charge in [0.15, 0.2) is 9.84 Å². The first-order chi connectivity index (χ1) is 11.9. The molecule has 0 bridgehead atoms. The van der Waals surface area contributed by atoms with Gasteiger partial charge >= 0.3 is 0 Å². The van der Waals surface area contributed by atoms with Gasteiger partial charge in [-0.15, -0.1) is 0 Å². The molecular formula is C17H17FN2O4S. The quantitative estimate of drug-likeness (QED) is 0.639. The minimum absolute atomic E-state index is 0.0727. The Labute approximate surface area is 144 Å². The van der Waals surface area contributed by atoms with Crippen LogP contribution in [-0.2, 0) is 21.2 Å². The summed E-state index contributed by atoms with van der Waals surface area (Å²) in [5.74, 6) is -1.13. The summed E-state index contributed by atoms with van der Waals surface area (Å²) in [6.45, 7) is 0.380. The van der Waals surface area contributed by atoms with E-state index < -0.39 is 21.0 Å². The molecule has 0 spiro atoms. The van der Waals surface area contributed by atoms with E-state index in [4.69, 9.17) is 5.21 Å². The normalized spacial score (nSPS) is 18.5. The van der Waals surface area contributed by atoms with Crippen LogP contribution in [-0.4, -0.2) is 31.3 Å². The third kappa shape index (κ3) is 3.49. The molecule has 1 unspecified atom stereocenters. The number of hydrogen-bond donors (Lipinski definition) is 2. The molecule has 2 aromatic rings. The lowest BCUT2D eigenvalue weighted by Crippen LogP contribution is -2.44. The zero-order valence-corrected chi connectivity index (χ0v) is 14.0. The maximum atomic E-state index is 13.4. The number of carbonyl (C=O) groups is 1. The Morgan fingerprint density at radius 2 is 2.00 bits per heavy atom. The van der Waals surface area contributed by atoms with Crippen molar-refractivity contribution in [3.63, 3.8) is 0 Å². The summed E-state index contributed by atoms with van der Waals surface area (Å²) in [6, 6.07) is 12.6. The molecule has 1 amide bonds. The summed E-state index contributed by atoms with van der Waals surface area (Å²) in [5.41, 5.74) is 2.69. The van der Waals surface area contributed by atoms with Gasteiger partial charge in [-0.05, 0) is 29.8 Å². The number of halogens is 1. The van der Waals surface area contributed by atoms with Gasteiger partial charge in [0.1, 0.15) is 5.82 Å². The fourth-order valence-corrected chi connectivity index (χ4v) is 4.88. The Bertz CT molecular complexity index is 901. The Hall–Kier alpha value is -2.45. The molecule has 1 heterocycles. The first-order valence-corrected chi connectivity index (χ1v) is 9.21. The molecule has 0 aliphatic carbocycles. The zero-order chi connectivity index (χ0) is 18.0. The van der Waals surface area contributed by atoms with Gasteiger partial charge in [-0.1, -0.05) is 24.3 Å². The molecule has 1 aliphatic heterocycles. The van der Waals surface area contributed by atoms with Crippen molar-refractivity contribution >= 4 is 21.4 Å². The zero-order valence-electron chi connectivity index (χ0n) is 13.2. The fraction of sp³-hybridized carbons (Fsp3) is 0.235. The molecule has 2 N–H and O–H groups in total. The predicted octanol–water partition coefficient (Wildman–Crippen LogP) is 1.88. The lowest BCUT2D eigenvalue weighted by atomic mass is 10.1. The number of para-hydroxylation sites is 1. The average molecular weight is 364 g/mol. The maximum absolute atomic E-state index is 13.4. The van der Waals surface area contributed by atoms with Crippen molar-refractivity contribution in [1.82, 2.24) is 5.48 Å². The van der Waals surface area contributed by atoms with Gasteiger partial charge in [0.2, 0.25) is 5.91 Å². The van der Waals surface area contributed by atoms with E-state index in [1.165, 1.54) is 23.7 Å². The highest BCUT2D eigenvalue weighted by Gasteiger charge is 2.38. The third-order valence-corrected chi connectivity index (χ3v) is 6.33. The van der Waals surface area contributed by atoms with Crippen molar-refractivity contribution in [3.05, 3.63) is 59.9 Å². The summed E-state index contributed by atoms with van der Waals surface area (Å²) in [5, 5.41) is 7.72. The minimum Gasteiger partial charge on any atom is -0.365 e. The van der Waals surface area contributed by atoms with Crippen LogP contribution in [0.1, 0.15) is 12.0 Å². The van der Waals surface area contributed by atoms with Crippen LogP contribution in [0, 0.1) is 5.82 Å². The first-order valence-electron chi connectivity index (χ1n) is 7.67. The SMILES string of the molecule is O=C(CC1CN(Cc2cccc(F)c2)c2ccccc2S1(=O)=O)NO. The number of nitrogens with one attached hydrogen (secondary N) is 1. The number of carbonyl (C=O) groups excluding carboxylic acids is 1. The lowest BCUT2D eigenvalue weighted by molar-refractivity contribution is -0.129. The summed E-state index contributed by atoms with van der Waals surface area (Å²) < 4.78 is 39.0. The number of hydrogen-bond acceptors (Lipinski definition) is 5. The van der Waals surface area contributed by atoms with Crippen LogP contribution < -0.4 is 10.4 Å². The monoisotopic (exact) mass is 364 g/mol.